The molecule has 0 atom stereocenters. The summed E-state index contributed by atoms with van der Waals surface area (Å²) in [6, 6.07) is 4.95. The zero-order chi connectivity index (χ0) is 6.97. The first-order valence-electron chi connectivity index (χ1n) is 2.93. The molecule has 2 rings (SSSR count). The molecular weight excluding hydrogens is 130 g/mol. The number of rotatable bonds is 0. The number of hydrogen-bond acceptors (Lipinski definition) is 2. The molecule has 1 N–H and O–H groups in total. The Balaban J connectivity index is 2.88. The summed E-state index contributed by atoms with van der Waals surface area (Å²) in [4.78, 5) is 13.3. The standard InChI is InChI=1S/C7H5NO2/c9-7-4-6-5(8-7)2-1-3-10-6/h1-4H,(H,8,9). The summed E-state index contributed by atoms with van der Waals surface area (Å²) in [6.45, 7) is 0. The van der Waals surface area contributed by atoms with Gasteiger partial charge in [0.1, 0.15) is 0 Å². The topological polar surface area (TPSA) is 46.0 Å². The van der Waals surface area contributed by atoms with Crippen molar-refractivity contribution in [3.8, 4) is 11.5 Å². The van der Waals surface area contributed by atoms with E-state index in [0.717, 1.165) is 5.69 Å². The molecule has 0 aliphatic carbocycles. The fourth-order valence-corrected chi connectivity index (χ4v) is 0.897. The van der Waals surface area contributed by atoms with E-state index in [0.29, 0.717) is 5.76 Å². The van der Waals surface area contributed by atoms with Crippen LogP contribution < -0.4 is 5.56 Å². The summed E-state index contributed by atoms with van der Waals surface area (Å²) in [5.41, 5.74) is 0.623. The third-order valence-electron chi connectivity index (χ3n) is 1.32. The van der Waals surface area contributed by atoms with Gasteiger partial charge >= 0.3 is 0 Å². The maximum atomic E-state index is 10.7. The minimum Gasteiger partial charge on any atom is -0.463 e. The van der Waals surface area contributed by atoms with Gasteiger partial charge in [-0.05, 0) is 12.1 Å². The van der Waals surface area contributed by atoms with Crippen LogP contribution in [0.1, 0.15) is 0 Å². The normalized spacial score (nSPS) is 10.4. The van der Waals surface area contributed by atoms with E-state index in [-0.39, 0.29) is 5.56 Å². The van der Waals surface area contributed by atoms with Crippen LogP contribution in [0.3, 0.4) is 0 Å². The van der Waals surface area contributed by atoms with Gasteiger partial charge in [-0.3, -0.25) is 4.79 Å². The van der Waals surface area contributed by atoms with E-state index in [1.54, 1.807) is 12.1 Å². The SMILES string of the molecule is O=c1cc2occcc-2[nH]1. The van der Waals surface area contributed by atoms with E-state index >= 15 is 0 Å². The number of aromatic nitrogens is 1. The second-order valence-corrected chi connectivity index (χ2v) is 2.02. The van der Waals surface area contributed by atoms with Crippen LogP contribution in [0, 0.1) is 0 Å². The second-order valence-electron chi connectivity index (χ2n) is 2.02. The molecule has 0 saturated heterocycles. The highest BCUT2D eigenvalue weighted by Gasteiger charge is 2.03. The quantitative estimate of drug-likeness (QED) is 0.587. The first-order chi connectivity index (χ1) is 4.86. The molecule has 0 saturated carbocycles. The molecular formula is C7H5NO2. The summed E-state index contributed by atoms with van der Waals surface area (Å²) in [7, 11) is 0. The lowest BCUT2D eigenvalue weighted by Gasteiger charge is -1.91. The highest BCUT2D eigenvalue weighted by molar-refractivity contribution is 5.52. The average molecular weight is 135 g/mol. The summed E-state index contributed by atoms with van der Waals surface area (Å²) < 4.78 is 5.00. The second kappa shape index (κ2) is 1.73. The lowest BCUT2D eigenvalue weighted by atomic mass is 10.3. The van der Waals surface area contributed by atoms with E-state index in [1.165, 1.54) is 12.3 Å². The van der Waals surface area contributed by atoms with Crippen LogP contribution >= 0.6 is 0 Å². The van der Waals surface area contributed by atoms with Crippen LogP contribution in [0.4, 0.5) is 0 Å². The lowest BCUT2D eigenvalue weighted by Crippen LogP contribution is -1.92. The summed E-state index contributed by atoms with van der Waals surface area (Å²) in [5.74, 6) is 0.604. The lowest BCUT2D eigenvalue weighted by molar-refractivity contribution is 0.565. The van der Waals surface area contributed by atoms with E-state index in [1.807, 2.05) is 0 Å². The Morgan fingerprint density at radius 3 is 3.20 bits per heavy atom. The molecule has 0 aromatic rings. The van der Waals surface area contributed by atoms with E-state index in [9.17, 15) is 4.79 Å². The molecule has 0 spiro atoms. The molecule has 3 heteroatoms. The molecule has 50 valence electrons. The third-order valence-corrected chi connectivity index (χ3v) is 1.32. The first kappa shape index (κ1) is 5.29. The van der Waals surface area contributed by atoms with Gasteiger partial charge in [-0.1, -0.05) is 0 Å². The third kappa shape index (κ3) is 0.639. The summed E-state index contributed by atoms with van der Waals surface area (Å²) in [6.07, 6.45) is 1.54. The van der Waals surface area contributed by atoms with Crippen molar-refractivity contribution in [3.05, 3.63) is 34.8 Å². The fraction of sp³-hybridized carbons (Fsp3) is 0. The van der Waals surface area contributed by atoms with Crippen molar-refractivity contribution in [2.75, 3.05) is 0 Å². The number of aromatic amines is 1. The Bertz CT molecular complexity index is 327. The molecule has 3 nitrogen and oxygen atoms in total. The largest absolute Gasteiger partial charge is 0.463 e. The molecule has 0 aromatic heterocycles. The Morgan fingerprint density at radius 1 is 1.50 bits per heavy atom. The van der Waals surface area contributed by atoms with Gasteiger partial charge in [0, 0.05) is 6.07 Å². The van der Waals surface area contributed by atoms with Gasteiger partial charge in [0.05, 0.1) is 12.0 Å². The molecule has 0 radical (unpaired) electrons. The zero-order valence-electron chi connectivity index (χ0n) is 5.13. The van der Waals surface area contributed by atoms with Crippen LogP contribution in [-0.4, -0.2) is 4.98 Å². The maximum Gasteiger partial charge on any atom is 0.252 e. The Hall–Kier alpha value is -1.51. The van der Waals surface area contributed by atoms with Gasteiger partial charge in [0.15, 0.2) is 5.76 Å². The molecule has 10 heavy (non-hydrogen) atoms. The zero-order valence-corrected chi connectivity index (χ0v) is 5.13. The van der Waals surface area contributed by atoms with Crippen molar-refractivity contribution >= 4 is 0 Å². The van der Waals surface area contributed by atoms with Crippen molar-refractivity contribution in [3.63, 3.8) is 0 Å². The average Bonchev–Trinajstić information content (AvgIpc) is 2.27. The predicted octanol–water partition coefficient (Wildman–Crippen LogP) is 1.07. The van der Waals surface area contributed by atoms with Crippen LogP contribution in [0.25, 0.3) is 11.5 Å². The highest BCUT2D eigenvalue weighted by Crippen LogP contribution is 2.14. The summed E-state index contributed by atoms with van der Waals surface area (Å²) >= 11 is 0. The Morgan fingerprint density at radius 2 is 2.40 bits per heavy atom. The van der Waals surface area contributed by atoms with Crippen LogP contribution in [0.2, 0.25) is 0 Å². The number of hydrogen-bond donors (Lipinski definition) is 1. The smallest absolute Gasteiger partial charge is 0.252 e. The molecule has 2 aliphatic heterocycles. The van der Waals surface area contributed by atoms with Crippen molar-refractivity contribution in [1.82, 2.24) is 4.98 Å². The molecule has 0 unspecified atom stereocenters. The van der Waals surface area contributed by atoms with Gasteiger partial charge in [-0.2, -0.15) is 0 Å². The number of H-pyrrole nitrogens is 1. The van der Waals surface area contributed by atoms with Crippen molar-refractivity contribution in [2.45, 2.75) is 0 Å². The minimum atomic E-state index is -0.120. The fourth-order valence-electron chi connectivity index (χ4n) is 0.897. The van der Waals surface area contributed by atoms with Crippen molar-refractivity contribution < 1.29 is 4.42 Å². The maximum absolute atomic E-state index is 10.7. The van der Waals surface area contributed by atoms with Crippen LogP contribution in [0.5, 0.6) is 0 Å². The molecule has 0 bridgehead atoms. The predicted molar refractivity (Wildman–Crippen MR) is 36.0 cm³/mol. The van der Waals surface area contributed by atoms with Gasteiger partial charge in [-0.25, -0.2) is 0 Å². The Labute approximate surface area is 56.6 Å². The van der Waals surface area contributed by atoms with Gasteiger partial charge in [0.2, 0.25) is 0 Å². The van der Waals surface area contributed by atoms with Crippen molar-refractivity contribution in [1.29, 1.82) is 0 Å². The monoisotopic (exact) mass is 135 g/mol. The summed E-state index contributed by atoms with van der Waals surface area (Å²) in [5, 5.41) is 0. The van der Waals surface area contributed by atoms with Crippen LogP contribution in [-0.2, 0) is 0 Å². The first-order valence-corrected chi connectivity index (χ1v) is 2.93. The molecule has 0 aromatic carbocycles. The van der Waals surface area contributed by atoms with Crippen molar-refractivity contribution in [2.24, 2.45) is 0 Å². The van der Waals surface area contributed by atoms with Crippen LogP contribution in [0.15, 0.2) is 33.7 Å². The van der Waals surface area contributed by atoms with Gasteiger partial charge in [0.25, 0.3) is 5.56 Å². The molecule has 0 fully saturated rings. The van der Waals surface area contributed by atoms with Gasteiger partial charge in [-0.15, -0.1) is 0 Å². The molecule has 0 amide bonds. The molecule has 2 aliphatic rings. The Kier molecular flexibility index (Phi) is 0.917. The van der Waals surface area contributed by atoms with E-state index < -0.39 is 0 Å². The van der Waals surface area contributed by atoms with E-state index in [2.05, 4.69) is 4.98 Å². The number of fused-ring (bicyclic) bond motifs is 1. The minimum absolute atomic E-state index is 0.120. The highest BCUT2D eigenvalue weighted by atomic mass is 16.3. The van der Waals surface area contributed by atoms with E-state index in [4.69, 9.17) is 4.42 Å². The van der Waals surface area contributed by atoms with Gasteiger partial charge < -0.3 is 9.40 Å². The molecule has 2 heterocycles. The number of nitrogens with one attached hydrogen (secondary N) is 1.